The van der Waals surface area contributed by atoms with Crippen molar-refractivity contribution in [2.75, 3.05) is 6.61 Å². The van der Waals surface area contributed by atoms with Crippen LogP contribution in [0.2, 0.25) is 0 Å². The van der Waals surface area contributed by atoms with Gasteiger partial charge in [-0.25, -0.2) is 4.79 Å². The van der Waals surface area contributed by atoms with Crippen molar-refractivity contribution in [3.8, 4) is 0 Å². The van der Waals surface area contributed by atoms with Crippen molar-refractivity contribution in [3.05, 3.63) is 44.8 Å². The number of ether oxygens (including phenoxy) is 1. The van der Waals surface area contributed by atoms with E-state index in [1.54, 1.807) is 0 Å². The molecule has 270 valence electrons. The first-order chi connectivity index (χ1) is 22.6. The molecule has 13 atom stereocenters. The summed E-state index contributed by atoms with van der Waals surface area (Å²) in [7, 11) is -4.70. The van der Waals surface area contributed by atoms with Gasteiger partial charge < -0.3 is 23.8 Å². The number of phosphoric ester groups is 1. The first-order valence-electron chi connectivity index (χ1n) is 18.6. The van der Waals surface area contributed by atoms with Crippen LogP contribution in [0.4, 0.5) is 0 Å². The van der Waals surface area contributed by atoms with E-state index in [2.05, 4.69) is 52.6 Å². The van der Waals surface area contributed by atoms with Crippen LogP contribution >= 0.6 is 7.82 Å². The van der Waals surface area contributed by atoms with E-state index < -0.39 is 50.2 Å². The number of aromatic amines is 1. The molecule has 0 amide bonds. The average Bonchev–Trinajstić information content (AvgIpc) is 3.55. The van der Waals surface area contributed by atoms with E-state index in [0.717, 1.165) is 34.7 Å². The fourth-order valence-electron chi connectivity index (χ4n) is 11.2. The summed E-state index contributed by atoms with van der Waals surface area (Å²) in [5.74, 6) is 4.85. The number of hydrogen-bond donors (Lipinski definition) is 2. The summed E-state index contributed by atoms with van der Waals surface area (Å²) in [6, 6.07) is 1.19. The van der Waals surface area contributed by atoms with Crippen LogP contribution in [-0.2, 0) is 18.3 Å². The number of phosphoric acid groups is 1. The van der Waals surface area contributed by atoms with Crippen LogP contribution in [0.1, 0.15) is 118 Å². The van der Waals surface area contributed by atoms with Gasteiger partial charge in [-0.15, -0.1) is 0 Å². The zero-order valence-corrected chi connectivity index (χ0v) is 33.7. The quantitative estimate of drug-likeness (QED) is 0.202. The number of H-pyrrole nitrogens is 1. The van der Waals surface area contributed by atoms with Crippen molar-refractivity contribution in [3.63, 3.8) is 0 Å². The molecule has 49 heavy (non-hydrogen) atoms. The molecule has 3 saturated carbocycles. The number of nitrogens with zero attached hydrogens (tertiary/aromatic N) is 1. The number of aliphatic hydroxyl groups excluding tert-OH is 1. The second-order valence-corrected chi connectivity index (χ2v) is 18.3. The second-order valence-electron chi connectivity index (χ2n) is 17.0. The van der Waals surface area contributed by atoms with Crippen molar-refractivity contribution in [1.29, 1.82) is 0 Å². The monoisotopic (exact) mass is 712 g/mol. The summed E-state index contributed by atoms with van der Waals surface area (Å²) in [6.45, 7) is 14.2. The number of fused-ring (bicyclic) bond motifs is 5. The SMILES string of the molecule is CC(C)CCC[C@@H](C)[C@H]1CCC2C3C(CC[C@@]21C)[C@@]1(C)CC[C@H](OP(=O)([O-])OCC2OC(n4ccc(=O)[nH]c4=O)CC2O)CC1=C[C@@H]3C.[Na+]. The van der Waals surface area contributed by atoms with Crippen LogP contribution in [-0.4, -0.2) is 39.6 Å². The normalized spacial score (nSPS) is 40.4. The van der Waals surface area contributed by atoms with Gasteiger partial charge in [0.05, 0.1) is 18.8 Å². The summed E-state index contributed by atoms with van der Waals surface area (Å²) < 4.78 is 30.8. The van der Waals surface area contributed by atoms with E-state index in [4.69, 9.17) is 13.8 Å². The number of allylic oxidation sites excluding steroid dienone is 1. The van der Waals surface area contributed by atoms with Gasteiger partial charge >= 0.3 is 35.2 Å². The number of hydrogen-bond acceptors (Lipinski definition) is 8. The van der Waals surface area contributed by atoms with Crippen LogP contribution < -0.4 is 45.7 Å². The van der Waals surface area contributed by atoms with Crippen LogP contribution in [0.15, 0.2) is 33.5 Å². The van der Waals surface area contributed by atoms with Crippen LogP contribution in [0.3, 0.4) is 0 Å². The summed E-state index contributed by atoms with van der Waals surface area (Å²) in [6.07, 6.45) is 11.8. The molecule has 1 aliphatic heterocycles. The van der Waals surface area contributed by atoms with Crippen LogP contribution in [0.25, 0.3) is 0 Å². The molecule has 0 aromatic carbocycles. The molecular formula is C37H58N2NaO8P. The zero-order valence-electron chi connectivity index (χ0n) is 30.8. The Kier molecular flexibility index (Phi) is 12.5. The van der Waals surface area contributed by atoms with E-state index in [-0.39, 0.29) is 41.4 Å². The van der Waals surface area contributed by atoms with E-state index in [0.29, 0.717) is 36.0 Å². The molecule has 6 rings (SSSR count). The number of aromatic nitrogens is 2. The predicted octanol–water partition coefficient (Wildman–Crippen LogP) is 3.35. The Balaban J connectivity index is 0.00000468. The molecule has 0 radical (unpaired) electrons. The Hall–Kier alpha value is -0.550. The molecule has 4 fully saturated rings. The van der Waals surface area contributed by atoms with Crippen molar-refractivity contribution in [1.82, 2.24) is 9.55 Å². The number of rotatable bonds is 11. The molecule has 5 aliphatic rings. The van der Waals surface area contributed by atoms with E-state index in [9.17, 15) is 24.2 Å². The minimum Gasteiger partial charge on any atom is -0.756 e. The summed E-state index contributed by atoms with van der Waals surface area (Å²) in [5.41, 5.74) is 0.605. The van der Waals surface area contributed by atoms with Gasteiger partial charge in [-0.1, -0.05) is 72.5 Å². The molecule has 7 unspecified atom stereocenters. The Morgan fingerprint density at radius 2 is 1.88 bits per heavy atom. The van der Waals surface area contributed by atoms with Crippen molar-refractivity contribution < 1.29 is 57.9 Å². The topological polar surface area (TPSA) is 143 Å². The Bertz CT molecular complexity index is 1510. The van der Waals surface area contributed by atoms with Gasteiger partial charge in [0, 0.05) is 18.7 Å². The Morgan fingerprint density at radius 3 is 2.59 bits per heavy atom. The second kappa shape index (κ2) is 15.4. The maximum atomic E-state index is 13.0. The number of aliphatic hydroxyl groups is 1. The third-order valence-corrected chi connectivity index (χ3v) is 14.7. The van der Waals surface area contributed by atoms with Gasteiger partial charge in [0.1, 0.15) is 12.3 Å². The van der Waals surface area contributed by atoms with Crippen LogP contribution in [0, 0.1) is 52.3 Å². The standard InChI is InChI=1S/C37H59N2O8P.Na/c1-22(2)8-7-9-23(3)27-10-11-28-34-24(4)18-25-19-26(12-15-36(25,5)29(34)13-16-37(27,28)6)47-48(43,44)45-21-31-30(40)20-33(46-31)39-17-14-32(41)38-35(39)42;/h14,17-18,22-24,26-31,33-34,40H,7-13,15-16,19-21H2,1-6H3,(H,43,44)(H,38,41,42);/q;+1/p-1/t23-,24+,26+,27-,28?,29?,30?,31?,33?,34?,36+,37-;/m1./s1. The fraction of sp³-hybridized carbons (Fsp3) is 0.838. The van der Waals surface area contributed by atoms with E-state index >= 15 is 0 Å². The smallest absolute Gasteiger partial charge is 0.756 e. The van der Waals surface area contributed by atoms with Gasteiger partial charge in [-0.05, 0) is 97.2 Å². The maximum absolute atomic E-state index is 13.0. The molecule has 10 nitrogen and oxygen atoms in total. The van der Waals surface area contributed by atoms with Crippen molar-refractivity contribution in [2.24, 2.45) is 52.3 Å². The molecule has 4 aliphatic carbocycles. The predicted molar refractivity (Wildman–Crippen MR) is 182 cm³/mol. The molecule has 1 aromatic heterocycles. The molecular weight excluding hydrogens is 654 g/mol. The third kappa shape index (κ3) is 8.03. The van der Waals surface area contributed by atoms with Gasteiger partial charge in [0.25, 0.3) is 13.4 Å². The van der Waals surface area contributed by atoms with Gasteiger partial charge in [0.2, 0.25) is 0 Å². The zero-order chi connectivity index (χ0) is 34.6. The summed E-state index contributed by atoms with van der Waals surface area (Å²) >= 11 is 0. The molecule has 12 heteroatoms. The summed E-state index contributed by atoms with van der Waals surface area (Å²) in [4.78, 5) is 38.7. The minimum absolute atomic E-state index is 0. The van der Waals surface area contributed by atoms with Gasteiger partial charge in [0.15, 0.2) is 0 Å². The van der Waals surface area contributed by atoms with Gasteiger partial charge in [-0.2, -0.15) is 0 Å². The fourth-order valence-corrected chi connectivity index (χ4v) is 12.1. The summed E-state index contributed by atoms with van der Waals surface area (Å²) in [5, 5.41) is 10.5. The average molecular weight is 713 g/mol. The third-order valence-electron chi connectivity index (χ3n) is 13.6. The first kappa shape index (κ1) is 39.7. The molecule has 0 spiro atoms. The molecule has 0 bridgehead atoms. The molecule has 2 heterocycles. The first-order valence-corrected chi connectivity index (χ1v) is 20.1. The molecule has 1 saturated heterocycles. The van der Waals surface area contributed by atoms with E-state index in [1.165, 1.54) is 62.8 Å². The maximum Gasteiger partial charge on any atom is 1.00 e. The van der Waals surface area contributed by atoms with Crippen molar-refractivity contribution in [2.45, 2.75) is 137 Å². The van der Waals surface area contributed by atoms with Crippen LogP contribution in [0.5, 0.6) is 0 Å². The van der Waals surface area contributed by atoms with Gasteiger partial charge in [-0.3, -0.25) is 18.9 Å². The minimum atomic E-state index is -4.70. The van der Waals surface area contributed by atoms with E-state index in [1.807, 2.05) is 0 Å². The molecule has 2 N–H and O–H groups in total. The Morgan fingerprint density at radius 1 is 1.12 bits per heavy atom. The molecule has 1 aromatic rings. The number of nitrogens with one attached hydrogen (secondary N) is 1. The Labute approximate surface area is 314 Å². The van der Waals surface area contributed by atoms with Crippen molar-refractivity contribution >= 4 is 7.82 Å². The largest absolute Gasteiger partial charge is 1.00 e.